The number of nitrogens with zero attached hydrogens (tertiary/aromatic N) is 5. The number of carbonyl (C=O) groups excluding carboxylic acids is 3. The highest BCUT2D eigenvalue weighted by molar-refractivity contribution is 6.02. The second-order valence-electron chi connectivity index (χ2n) is 9.64. The van der Waals surface area contributed by atoms with Gasteiger partial charge in [-0.05, 0) is 74.4 Å². The number of rotatable bonds is 9. The predicted molar refractivity (Wildman–Crippen MR) is 145 cm³/mol. The number of anilines is 2. The molecule has 0 saturated heterocycles. The van der Waals surface area contributed by atoms with Gasteiger partial charge >= 0.3 is 0 Å². The van der Waals surface area contributed by atoms with Gasteiger partial charge in [-0.15, -0.1) is 5.10 Å². The molecule has 10 heteroatoms. The molecule has 0 aliphatic carbocycles. The van der Waals surface area contributed by atoms with Crippen LogP contribution in [0.3, 0.4) is 0 Å². The predicted octanol–water partition coefficient (Wildman–Crippen LogP) is 3.86. The van der Waals surface area contributed by atoms with E-state index < -0.39 is 11.6 Å². The van der Waals surface area contributed by atoms with Gasteiger partial charge in [-0.25, -0.2) is 4.68 Å². The summed E-state index contributed by atoms with van der Waals surface area (Å²) in [5, 5.41) is 14.1. The number of aromatic nitrogens is 4. The van der Waals surface area contributed by atoms with Crippen molar-refractivity contribution in [3.63, 3.8) is 0 Å². The van der Waals surface area contributed by atoms with Gasteiger partial charge in [-0.2, -0.15) is 0 Å². The van der Waals surface area contributed by atoms with E-state index in [9.17, 15) is 14.4 Å². The first-order valence-electron chi connectivity index (χ1n) is 12.4. The molecule has 0 saturated carbocycles. The van der Waals surface area contributed by atoms with Crippen molar-refractivity contribution in [1.82, 2.24) is 25.3 Å². The lowest BCUT2D eigenvalue weighted by Gasteiger charge is -2.34. The van der Waals surface area contributed by atoms with E-state index in [1.807, 2.05) is 45.0 Å². The average Bonchev–Trinajstić information content (AvgIpc) is 3.30. The van der Waals surface area contributed by atoms with Gasteiger partial charge in [0.25, 0.3) is 0 Å². The molecule has 196 valence electrons. The maximum Gasteiger partial charge on any atom is 0.249 e. The third kappa shape index (κ3) is 6.03. The molecule has 0 unspecified atom stereocenters. The molecule has 0 bridgehead atoms. The molecule has 4 rings (SSSR count). The Kier molecular flexibility index (Phi) is 7.80. The molecule has 0 fully saturated rings. The van der Waals surface area contributed by atoms with E-state index in [-0.39, 0.29) is 24.3 Å². The third-order valence-electron chi connectivity index (χ3n) is 6.31. The number of hydrogen-bond acceptors (Lipinski definition) is 6. The van der Waals surface area contributed by atoms with Gasteiger partial charge < -0.3 is 10.6 Å². The fourth-order valence-corrected chi connectivity index (χ4v) is 4.04. The molecule has 1 atom stereocenters. The minimum absolute atomic E-state index is 0.139. The van der Waals surface area contributed by atoms with Crippen LogP contribution in [0.4, 0.5) is 11.4 Å². The van der Waals surface area contributed by atoms with Crippen LogP contribution >= 0.6 is 0 Å². The fourth-order valence-electron chi connectivity index (χ4n) is 4.04. The summed E-state index contributed by atoms with van der Waals surface area (Å²) < 4.78 is 1.52. The van der Waals surface area contributed by atoms with Gasteiger partial charge in [-0.1, -0.05) is 24.3 Å². The third-order valence-corrected chi connectivity index (χ3v) is 6.31. The first-order valence-corrected chi connectivity index (χ1v) is 12.4. The molecular formula is C28H31N7O3. The molecule has 3 amide bonds. The quantitative estimate of drug-likeness (QED) is 0.350. The smallest absolute Gasteiger partial charge is 0.249 e. The zero-order chi connectivity index (χ0) is 27.3. The van der Waals surface area contributed by atoms with Gasteiger partial charge in [-0.3, -0.25) is 24.3 Å². The number of pyridine rings is 1. The topological polar surface area (TPSA) is 122 Å². The van der Waals surface area contributed by atoms with Crippen molar-refractivity contribution in [3.8, 4) is 0 Å². The zero-order valence-electron chi connectivity index (χ0n) is 21.9. The summed E-state index contributed by atoms with van der Waals surface area (Å²) in [6.07, 6.45) is 3.88. The van der Waals surface area contributed by atoms with Gasteiger partial charge in [0, 0.05) is 36.2 Å². The lowest BCUT2D eigenvalue weighted by molar-refractivity contribution is -0.128. The van der Waals surface area contributed by atoms with Crippen LogP contribution in [0, 0.1) is 0 Å². The number of benzene rings is 2. The minimum atomic E-state index is -0.988. The second-order valence-corrected chi connectivity index (χ2v) is 9.64. The van der Waals surface area contributed by atoms with E-state index in [0.717, 1.165) is 0 Å². The van der Waals surface area contributed by atoms with Crippen molar-refractivity contribution >= 4 is 40.1 Å². The van der Waals surface area contributed by atoms with Crippen molar-refractivity contribution in [3.05, 3.63) is 78.6 Å². The highest BCUT2D eigenvalue weighted by atomic mass is 16.2. The van der Waals surface area contributed by atoms with E-state index in [1.54, 1.807) is 48.8 Å². The van der Waals surface area contributed by atoms with E-state index in [2.05, 4.69) is 25.9 Å². The van der Waals surface area contributed by atoms with Crippen molar-refractivity contribution in [2.45, 2.75) is 52.2 Å². The van der Waals surface area contributed by atoms with Gasteiger partial charge in [0.05, 0.1) is 5.52 Å². The molecule has 2 heterocycles. The number of amides is 3. The number of hydrogen-bond donors (Lipinski definition) is 2. The molecule has 4 aromatic rings. The summed E-state index contributed by atoms with van der Waals surface area (Å²) in [6, 6.07) is 16.6. The summed E-state index contributed by atoms with van der Waals surface area (Å²) in [5.74, 6) is -0.899. The van der Waals surface area contributed by atoms with Crippen molar-refractivity contribution in [2.75, 3.05) is 10.2 Å². The fraction of sp³-hybridized carbons (Fsp3) is 0.286. The Morgan fingerprint density at radius 2 is 1.68 bits per heavy atom. The summed E-state index contributed by atoms with van der Waals surface area (Å²) in [4.78, 5) is 45.0. The molecule has 38 heavy (non-hydrogen) atoms. The SMILES string of the molecule is CCC(C)(C)NC(=O)[C@H](c1ccncc1)N(C(=O)Cn1nnc2ccccc21)c1ccc(NC(C)=O)cc1. The first-order chi connectivity index (χ1) is 18.2. The van der Waals surface area contributed by atoms with E-state index in [4.69, 9.17) is 0 Å². The van der Waals surface area contributed by atoms with E-state index >= 15 is 0 Å². The molecule has 2 aromatic carbocycles. The van der Waals surface area contributed by atoms with Crippen molar-refractivity contribution < 1.29 is 14.4 Å². The maximum absolute atomic E-state index is 14.0. The minimum Gasteiger partial charge on any atom is -0.349 e. The summed E-state index contributed by atoms with van der Waals surface area (Å²) in [5.41, 5.74) is 2.55. The number of carbonyl (C=O) groups is 3. The van der Waals surface area contributed by atoms with Crippen LogP contribution in [0.5, 0.6) is 0 Å². The molecule has 0 radical (unpaired) electrons. The highest BCUT2D eigenvalue weighted by Gasteiger charge is 2.35. The normalized spacial score (nSPS) is 12.1. The zero-order valence-corrected chi connectivity index (χ0v) is 21.9. The lowest BCUT2D eigenvalue weighted by atomic mass is 9.98. The van der Waals surface area contributed by atoms with Gasteiger partial charge in [0.15, 0.2) is 0 Å². The standard InChI is InChI=1S/C28H31N7O3/c1-5-28(3,4)31-27(38)26(20-14-16-29-17-15-20)35(22-12-10-21(11-13-22)30-19(2)36)25(37)18-34-24-9-7-6-8-23(24)32-33-34/h6-17,26H,5,18H2,1-4H3,(H,30,36)(H,31,38)/t26-/m0/s1. The Labute approximate surface area is 221 Å². The molecule has 2 N–H and O–H groups in total. The average molecular weight is 514 g/mol. The summed E-state index contributed by atoms with van der Waals surface area (Å²) in [7, 11) is 0. The van der Waals surface area contributed by atoms with E-state index in [1.165, 1.54) is 16.5 Å². The number of para-hydroxylation sites is 1. The Hall–Kier alpha value is -4.60. The van der Waals surface area contributed by atoms with Crippen LogP contribution in [0.25, 0.3) is 11.0 Å². The Balaban J connectivity index is 1.80. The van der Waals surface area contributed by atoms with Crippen LogP contribution < -0.4 is 15.5 Å². The molecule has 0 aliphatic heterocycles. The summed E-state index contributed by atoms with van der Waals surface area (Å²) in [6.45, 7) is 7.14. The molecular weight excluding hydrogens is 482 g/mol. The Morgan fingerprint density at radius 3 is 2.34 bits per heavy atom. The maximum atomic E-state index is 14.0. The van der Waals surface area contributed by atoms with Crippen molar-refractivity contribution in [1.29, 1.82) is 0 Å². The summed E-state index contributed by atoms with van der Waals surface area (Å²) >= 11 is 0. The largest absolute Gasteiger partial charge is 0.349 e. The monoisotopic (exact) mass is 513 g/mol. The van der Waals surface area contributed by atoms with Crippen LogP contribution in [-0.4, -0.2) is 43.2 Å². The Bertz CT molecular complexity index is 1430. The second kappa shape index (κ2) is 11.2. The van der Waals surface area contributed by atoms with E-state index in [0.29, 0.717) is 34.4 Å². The Morgan fingerprint density at radius 1 is 1.00 bits per heavy atom. The molecule has 0 spiro atoms. The van der Waals surface area contributed by atoms with Crippen molar-refractivity contribution in [2.24, 2.45) is 0 Å². The van der Waals surface area contributed by atoms with Crippen LogP contribution in [0.2, 0.25) is 0 Å². The number of fused-ring (bicyclic) bond motifs is 1. The van der Waals surface area contributed by atoms with Crippen LogP contribution in [0.15, 0.2) is 73.1 Å². The van der Waals surface area contributed by atoms with Gasteiger partial charge in [0.2, 0.25) is 17.7 Å². The number of nitrogens with one attached hydrogen (secondary N) is 2. The first kappa shape index (κ1) is 26.5. The molecule has 10 nitrogen and oxygen atoms in total. The lowest BCUT2D eigenvalue weighted by Crippen LogP contribution is -2.51. The van der Waals surface area contributed by atoms with Gasteiger partial charge in [0.1, 0.15) is 18.1 Å². The van der Waals surface area contributed by atoms with Crippen LogP contribution in [0.1, 0.15) is 45.7 Å². The molecule has 2 aromatic heterocycles. The molecule has 0 aliphatic rings. The van der Waals surface area contributed by atoms with Crippen LogP contribution in [-0.2, 0) is 20.9 Å². The highest BCUT2D eigenvalue weighted by Crippen LogP contribution is 2.30.